The maximum atomic E-state index is 12.6. The van der Waals surface area contributed by atoms with Crippen molar-refractivity contribution < 1.29 is 4.79 Å². The second-order valence-electron chi connectivity index (χ2n) is 4.67. The molecule has 0 spiro atoms. The standard InChI is InChI=1S/C14H16N2OS/c1-10-9-18-7-6-16(10)14(17)12-8-15-13-5-3-2-4-11(12)13/h2-5,8,10,15H,6-7,9H2,1H3. The SMILES string of the molecule is CC1CSCCN1C(=O)c1c[nH]c2ccccc12. The Morgan fingerprint density at radius 1 is 1.44 bits per heavy atom. The summed E-state index contributed by atoms with van der Waals surface area (Å²) in [6.45, 7) is 2.98. The number of para-hydroxylation sites is 1. The van der Waals surface area contributed by atoms with E-state index in [0.717, 1.165) is 34.5 Å². The third-order valence-electron chi connectivity index (χ3n) is 3.45. The number of hydrogen-bond donors (Lipinski definition) is 1. The van der Waals surface area contributed by atoms with Crippen LogP contribution in [0, 0.1) is 0 Å². The minimum atomic E-state index is 0.153. The molecule has 4 heteroatoms. The zero-order valence-corrected chi connectivity index (χ0v) is 11.2. The summed E-state index contributed by atoms with van der Waals surface area (Å²) >= 11 is 1.92. The molecule has 94 valence electrons. The van der Waals surface area contributed by atoms with Crippen molar-refractivity contribution in [2.45, 2.75) is 13.0 Å². The van der Waals surface area contributed by atoms with Gasteiger partial charge in [0.05, 0.1) is 5.56 Å². The first-order chi connectivity index (χ1) is 8.77. The second-order valence-corrected chi connectivity index (χ2v) is 5.82. The van der Waals surface area contributed by atoms with Crippen LogP contribution in [-0.4, -0.2) is 39.9 Å². The predicted octanol–water partition coefficient (Wildman–Crippen LogP) is 2.75. The van der Waals surface area contributed by atoms with Crippen molar-refractivity contribution in [2.24, 2.45) is 0 Å². The number of carbonyl (C=O) groups excluding carboxylic acids is 1. The number of thioether (sulfide) groups is 1. The van der Waals surface area contributed by atoms with Crippen molar-refractivity contribution in [1.29, 1.82) is 0 Å². The van der Waals surface area contributed by atoms with Gasteiger partial charge >= 0.3 is 0 Å². The Morgan fingerprint density at radius 2 is 2.28 bits per heavy atom. The van der Waals surface area contributed by atoms with Crippen molar-refractivity contribution in [3.63, 3.8) is 0 Å². The Balaban J connectivity index is 1.96. The van der Waals surface area contributed by atoms with Crippen molar-refractivity contribution in [3.8, 4) is 0 Å². The Kier molecular flexibility index (Phi) is 3.04. The number of benzene rings is 1. The van der Waals surface area contributed by atoms with Crippen LogP contribution in [-0.2, 0) is 0 Å². The van der Waals surface area contributed by atoms with E-state index in [0.29, 0.717) is 6.04 Å². The van der Waals surface area contributed by atoms with Crippen LogP contribution >= 0.6 is 11.8 Å². The van der Waals surface area contributed by atoms with E-state index in [4.69, 9.17) is 0 Å². The van der Waals surface area contributed by atoms with Crippen LogP contribution in [0.2, 0.25) is 0 Å². The summed E-state index contributed by atoms with van der Waals surface area (Å²) in [7, 11) is 0. The Bertz CT molecular complexity index is 578. The number of H-pyrrole nitrogens is 1. The van der Waals surface area contributed by atoms with Crippen LogP contribution < -0.4 is 0 Å². The third-order valence-corrected chi connectivity index (χ3v) is 4.64. The number of aromatic amines is 1. The van der Waals surface area contributed by atoms with Gasteiger partial charge in [0.1, 0.15) is 0 Å². The average Bonchev–Trinajstić information content (AvgIpc) is 2.82. The van der Waals surface area contributed by atoms with E-state index in [1.807, 2.05) is 47.1 Å². The van der Waals surface area contributed by atoms with Gasteiger partial charge in [0, 0.05) is 41.2 Å². The lowest BCUT2D eigenvalue weighted by atomic mass is 10.1. The van der Waals surface area contributed by atoms with E-state index >= 15 is 0 Å². The molecule has 0 bridgehead atoms. The monoisotopic (exact) mass is 260 g/mol. The number of aromatic nitrogens is 1. The molecule has 1 saturated heterocycles. The van der Waals surface area contributed by atoms with E-state index in [9.17, 15) is 4.79 Å². The fourth-order valence-electron chi connectivity index (χ4n) is 2.43. The molecule has 3 nitrogen and oxygen atoms in total. The molecule has 1 atom stereocenters. The van der Waals surface area contributed by atoms with Crippen molar-refractivity contribution in [2.75, 3.05) is 18.1 Å². The highest BCUT2D eigenvalue weighted by Gasteiger charge is 2.25. The number of carbonyl (C=O) groups is 1. The topological polar surface area (TPSA) is 36.1 Å². The highest BCUT2D eigenvalue weighted by Crippen LogP contribution is 2.23. The smallest absolute Gasteiger partial charge is 0.256 e. The van der Waals surface area contributed by atoms with Gasteiger partial charge in [-0.3, -0.25) is 4.79 Å². The largest absolute Gasteiger partial charge is 0.360 e. The molecule has 18 heavy (non-hydrogen) atoms. The lowest BCUT2D eigenvalue weighted by Crippen LogP contribution is -2.44. The van der Waals surface area contributed by atoms with E-state index in [1.54, 1.807) is 0 Å². The number of hydrogen-bond acceptors (Lipinski definition) is 2. The van der Waals surface area contributed by atoms with Crippen LogP contribution in [0.3, 0.4) is 0 Å². The number of fused-ring (bicyclic) bond motifs is 1. The van der Waals surface area contributed by atoms with Crippen LogP contribution in [0.1, 0.15) is 17.3 Å². The second kappa shape index (κ2) is 4.69. The average molecular weight is 260 g/mol. The minimum Gasteiger partial charge on any atom is -0.360 e. The van der Waals surface area contributed by atoms with E-state index in [1.165, 1.54) is 0 Å². The first kappa shape index (κ1) is 11.7. The van der Waals surface area contributed by atoms with Gasteiger partial charge in [-0.15, -0.1) is 0 Å². The molecule has 0 saturated carbocycles. The van der Waals surface area contributed by atoms with Gasteiger partial charge in [-0.25, -0.2) is 0 Å². The molecule has 1 aliphatic heterocycles. The van der Waals surface area contributed by atoms with E-state index < -0.39 is 0 Å². The lowest BCUT2D eigenvalue weighted by molar-refractivity contribution is 0.0718. The molecule has 1 N–H and O–H groups in total. The number of amides is 1. The zero-order valence-electron chi connectivity index (χ0n) is 10.3. The number of nitrogens with one attached hydrogen (secondary N) is 1. The molecule has 0 radical (unpaired) electrons. The van der Waals surface area contributed by atoms with Crippen molar-refractivity contribution >= 4 is 28.6 Å². The van der Waals surface area contributed by atoms with Gasteiger partial charge < -0.3 is 9.88 Å². The summed E-state index contributed by atoms with van der Waals surface area (Å²) in [5.74, 6) is 2.23. The summed E-state index contributed by atoms with van der Waals surface area (Å²) < 4.78 is 0. The first-order valence-corrected chi connectivity index (χ1v) is 7.37. The minimum absolute atomic E-state index is 0.153. The number of rotatable bonds is 1. The molecule has 1 unspecified atom stereocenters. The molecule has 1 fully saturated rings. The van der Waals surface area contributed by atoms with Gasteiger partial charge in [-0.1, -0.05) is 18.2 Å². The lowest BCUT2D eigenvalue weighted by Gasteiger charge is -2.33. The Morgan fingerprint density at radius 3 is 3.11 bits per heavy atom. The molecule has 1 aromatic carbocycles. The summed E-state index contributed by atoms with van der Waals surface area (Å²) in [6, 6.07) is 8.28. The highest BCUT2D eigenvalue weighted by atomic mass is 32.2. The number of nitrogens with zero attached hydrogens (tertiary/aromatic N) is 1. The van der Waals surface area contributed by atoms with Crippen LogP contribution in [0.25, 0.3) is 10.9 Å². The van der Waals surface area contributed by atoms with Gasteiger partial charge in [0.2, 0.25) is 0 Å². The summed E-state index contributed by atoms with van der Waals surface area (Å²) in [5, 5.41) is 1.02. The summed E-state index contributed by atoms with van der Waals surface area (Å²) in [5.41, 5.74) is 1.82. The van der Waals surface area contributed by atoms with Gasteiger partial charge in [0.15, 0.2) is 0 Å². The molecule has 1 aliphatic rings. The van der Waals surface area contributed by atoms with Crippen LogP contribution in [0.4, 0.5) is 0 Å². The fraction of sp³-hybridized carbons (Fsp3) is 0.357. The maximum Gasteiger partial charge on any atom is 0.256 e. The summed E-state index contributed by atoms with van der Waals surface area (Å²) in [4.78, 5) is 17.7. The Hall–Kier alpha value is -1.42. The molecule has 1 amide bonds. The molecule has 0 aliphatic carbocycles. The maximum absolute atomic E-state index is 12.6. The summed E-state index contributed by atoms with van der Waals surface area (Å²) in [6.07, 6.45) is 1.83. The van der Waals surface area contributed by atoms with Gasteiger partial charge in [-0.05, 0) is 13.0 Å². The fourth-order valence-corrected chi connectivity index (χ4v) is 3.45. The molecular formula is C14H16N2OS. The zero-order chi connectivity index (χ0) is 12.5. The molecule has 1 aromatic heterocycles. The van der Waals surface area contributed by atoms with Crippen molar-refractivity contribution in [1.82, 2.24) is 9.88 Å². The molecule has 2 aromatic rings. The van der Waals surface area contributed by atoms with Gasteiger partial charge in [0.25, 0.3) is 5.91 Å². The molecular weight excluding hydrogens is 244 g/mol. The molecule has 3 rings (SSSR count). The van der Waals surface area contributed by atoms with Crippen molar-refractivity contribution in [3.05, 3.63) is 36.0 Å². The third kappa shape index (κ3) is 1.90. The highest BCUT2D eigenvalue weighted by molar-refractivity contribution is 7.99. The first-order valence-electron chi connectivity index (χ1n) is 6.22. The quantitative estimate of drug-likeness (QED) is 0.856. The van der Waals surface area contributed by atoms with Gasteiger partial charge in [-0.2, -0.15) is 11.8 Å². The predicted molar refractivity (Wildman–Crippen MR) is 76.1 cm³/mol. The van der Waals surface area contributed by atoms with E-state index in [-0.39, 0.29) is 5.91 Å². The van der Waals surface area contributed by atoms with Crippen LogP contribution in [0.15, 0.2) is 30.5 Å². The molecule has 2 heterocycles. The van der Waals surface area contributed by atoms with Crippen LogP contribution in [0.5, 0.6) is 0 Å². The van der Waals surface area contributed by atoms with E-state index in [2.05, 4.69) is 11.9 Å². The normalized spacial score (nSPS) is 20.3. The Labute approximate surface area is 111 Å².